The highest BCUT2D eigenvalue weighted by Crippen LogP contribution is 2.29. The predicted octanol–water partition coefficient (Wildman–Crippen LogP) is 2.24. The third-order valence-electron chi connectivity index (χ3n) is 5.18. The van der Waals surface area contributed by atoms with Crippen LogP contribution in [0.2, 0.25) is 0 Å². The number of methoxy groups -OCH3 is 2. The monoisotopic (exact) mass is 446 g/mol. The van der Waals surface area contributed by atoms with Crippen LogP contribution in [0, 0.1) is 0 Å². The molecule has 1 heterocycles. The standard InChI is InChI=1S/C22H26N2O6S/c1-29-19-10-9-18(15-20(19)31(27,28)24-13-3-4-14-24)21(25)23-12-11-16-5-7-17(8-6-16)22(26)30-2/h5-10,15H,3-4,11-14H2,1-2H3,(H,23,25). The van der Waals surface area contributed by atoms with E-state index in [0.717, 1.165) is 18.4 Å². The molecule has 1 amide bonds. The molecule has 8 nitrogen and oxygen atoms in total. The molecule has 9 heteroatoms. The summed E-state index contributed by atoms with van der Waals surface area (Å²) in [7, 11) is -0.991. The van der Waals surface area contributed by atoms with Gasteiger partial charge in [0.1, 0.15) is 10.6 Å². The number of nitrogens with one attached hydrogen (secondary N) is 1. The van der Waals surface area contributed by atoms with Gasteiger partial charge in [-0.05, 0) is 55.2 Å². The average Bonchev–Trinajstić information content (AvgIpc) is 3.34. The highest BCUT2D eigenvalue weighted by molar-refractivity contribution is 7.89. The Kier molecular flexibility index (Phi) is 7.29. The molecule has 1 aliphatic rings. The number of carbonyl (C=O) groups excluding carboxylic acids is 2. The zero-order valence-electron chi connectivity index (χ0n) is 17.6. The predicted molar refractivity (Wildman–Crippen MR) is 115 cm³/mol. The van der Waals surface area contributed by atoms with Crippen molar-refractivity contribution in [3.8, 4) is 5.75 Å². The molecular weight excluding hydrogens is 420 g/mol. The molecule has 0 saturated carbocycles. The Labute approximate surface area is 182 Å². The maximum Gasteiger partial charge on any atom is 0.337 e. The van der Waals surface area contributed by atoms with Crippen LogP contribution in [0.25, 0.3) is 0 Å². The topological polar surface area (TPSA) is 102 Å². The highest BCUT2D eigenvalue weighted by atomic mass is 32.2. The molecular formula is C22H26N2O6S. The first-order valence-electron chi connectivity index (χ1n) is 10.0. The zero-order valence-corrected chi connectivity index (χ0v) is 18.4. The van der Waals surface area contributed by atoms with Gasteiger partial charge in [0.05, 0.1) is 19.8 Å². The molecule has 0 atom stereocenters. The van der Waals surface area contributed by atoms with Crippen LogP contribution in [0.1, 0.15) is 39.1 Å². The van der Waals surface area contributed by atoms with E-state index >= 15 is 0 Å². The molecule has 0 aliphatic carbocycles. The number of esters is 1. The molecule has 2 aromatic rings. The molecule has 2 aromatic carbocycles. The fourth-order valence-corrected chi connectivity index (χ4v) is 5.13. The smallest absolute Gasteiger partial charge is 0.337 e. The minimum absolute atomic E-state index is 0.00273. The molecule has 1 N–H and O–H groups in total. The summed E-state index contributed by atoms with van der Waals surface area (Å²) in [5.74, 6) is -0.556. The van der Waals surface area contributed by atoms with Gasteiger partial charge in [-0.15, -0.1) is 0 Å². The van der Waals surface area contributed by atoms with Gasteiger partial charge < -0.3 is 14.8 Å². The van der Waals surface area contributed by atoms with E-state index in [2.05, 4.69) is 10.1 Å². The van der Waals surface area contributed by atoms with Crippen LogP contribution < -0.4 is 10.1 Å². The Morgan fingerprint density at radius 2 is 1.65 bits per heavy atom. The van der Waals surface area contributed by atoms with Crippen LogP contribution >= 0.6 is 0 Å². The highest BCUT2D eigenvalue weighted by Gasteiger charge is 2.30. The maximum absolute atomic E-state index is 13.0. The normalized spacial score (nSPS) is 14.3. The molecule has 0 spiro atoms. The van der Waals surface area contributed by atoms with Gasteiger partial charge in [0, 0.05) is 25.2 Å². The average molecular weight is 447 g/mol. The van der Waals surface area contributed by atoms with Crippen molar-refractivity contribution in [2.45, 2.75) is 24.2 Å². The summed E-state index contributed by atoms with van der Waals surface area (Å²) in [6.07, 6.45) is 2.20. The molecule has 0 aromatic heterocycles. The van der Waals surface area contributed by atoms with Gasteiger partial charge in [-0.3, -0.25) is 4.79 Å². The molecule has 1 saturated heterocycles. The van der Waals surface area contributed by atoms with E-state index in [9.17, 15) is 18.0 Å². The van der Waals surface area contributed by atoms with E-state index in [4.69, 9.17) is 4.74 Å². The van der Waals surface area contributed by atoms with Crippen molar-refractivity contribution in [1.82, 2.24) is 9.62 Å². The molecule has 0 unspecified atom stereocenters. The number of nitrogens with zero attached hydrogens (tertiary/aromatic N) is 1. The van der Waals surface area contributed by atoms with E-state index in [1.54, 1.807) is 30.3 Å². The third kappa shape index (κ3) is 5.23. The van der Waals surface area contributed by atoms with Gasteiger partial charge in [-0.2, -0.15) is 4.31 Å². The first kappa shape index (κ1) is 22.8. The fraction of sp³-hybridized carbons (Fsp3) is 0.364. The van der Waals surface area contributed by atoms with E-state index in [0.29, 0.717) is 31.6 Å². The second-order valence-corrected chi connectivity index (χ2v) is 9.08. The molecule has 1 aliphatic heterocycles. The first-order chi connectivity index (χ1) is 14.9. The van der Waals surface area contributed by atoms with E-state index in [1.165, 1.54) is 30.7 Å². The second-order valence-electron chi connectivity index (χ2n) is 7.17. The van der Waals surface area contributed by atoms with Gasteiger partial charge in [-0.1, -0.05) is 12.1 Å². The molecule has 0 radical (unpaired) electrons. The summed E-state index contributed by atoms with van der Waals surface area (Å²) in [4.78, 5) is 24.1. The Balaban J connectivity index is 1.67. The number of sulfonamides is 1. The summed E-state index contributed by atoms with van der Waals surface area (Å²) in [5, 5.41) is 2.80. The van der Waals surface area contributed by atoms with E-state index in [-0.39, 0.29) is 22.1 Å². The summed E-state index contributed by atoms with van der Waals surface area (Å²) >= 11 is 0. The number of carbonyl (C=O) groups is 2. The van der Waals surface area contributed by atoms with Gasteiger partial charge in [0.15, 0.2) is 0 Å². The first-order valence-corrected chi connectivity index (χ1v) is 11.4. The largest absolute Gasteiger partial charge is 0.495 e. The quantitative estimate of drug-likeness (QED) is 0.624. The number of hydrogen-bond acceptors (Lipinski definition) is 6. The van der Waals surface area contributed by atoms with Crippen molar-refractivity contribution in [3.05, 3.63) is 59.2 Å². The van der Waals surface area contributed by atoms with Crippen LogP contribution in [-0.4, -0.2) is 58.5 Å². The second kappa shape index (κ2) is 9.93. The van der Waals surface area contributed by atoms with Crippen molar-refractivity contribution in [2.75, 3.05) is 33.9 Å². The van der Waals surface area contributed by atoms with Crippen molar-refractivity contribution in [1.29, 1.82) is 0 Å². The fourth-order valence-electron chi connectivity index (χ4n) is 3.43. The number of hydrogen-bond donors (Lipinski definition) is 1. The minimum atomic E-state index is -3.72. The SMILES string of the molecule is COC(=O)c1ccc(CCNC(=O)c2ccc(OC)c(S(=O)(=O)N3CCCC3)c2)cc1. The Morgan fingerprint density at radius 1 is 1.00 bits per heavy atom. The maximum atomic E-state index is 13.0. The van der Waals surface area contributed by atoms with E-state index < -0.39 is 16.0 Å². The zero-order chi connectivity index (χ0) is 22.4. The molecule has 1 fully saturated rings. The van der Waals surface area contributed by atoms with Crippen LogP contribution in [0.3, 0.4) is 0 Å². The number of rotatable bonds is 8. The van der Waals surface area contributed by atoms with E-state index in [1.807, 2.05) is 0 Å². The summed E-state index contributed by atoms with van der Waals surface area (Å²) < 4.78 is 37.3. The molecule has 31 heavy (non-hydrogen) atoms. The van der Waals surface area contributed by atoms with Crippen molar-refractivity contribution >= 4 is 21.9 Å². The van der Waals surface area contributed by atoms with Crippen LogP contribution in [-0.2, 0) is 21.2 Å². The Morgan fingerprint density at radius 3 is 2.26 bits per heavy atom. The summed E-state index contributed by atoms with van der Waals surface area (Å²) in [6, 6.07) is 11.3. The van der Waals surface area contributed by atoms with Gasteiger partial charge in [0.25, 0.3) is 5.91 Å². The van der Waals surface area contributed by atoms with Crippen LogP contribution in [0.15, 0.2) is 47.4 Å². The lowest BCUT2D eigenvalue weighted by Crippen LogP contribution is -2.29. The van der Waals surface area contributed by atoms with Crippen molar-refractivity contribution < 1.29 is 27.5 Å². The number of benzene rings is 2. The van der Waals surface area contributed by atoms with Gasteiger partial charge in [0.2, 0.25) is 10.0 Å². The Bertz CT molecular complexity index is 1040. The van der Waals surface area contributed by atoms with Gasteiger partial charge in [-0.25, -0.2) is 13.2 Å². The molecule has 0 bridgehead atoms. The van der Waals surface area contributed by atoms with Crippen LogP contribution in [0.5, 0.6) is 5.75 Å². The number of ether oxygens (including phenoxy) is 2. The van der Waals surface area contributed by atoms with Crippen molar-refractivity contribution in [3.63, 3.8) is 0 Å². The van der Waals surface area contributed by atoms with Gasteiger partial charge >= 0.3 is 5.97 Å². The third-order valence-corrected chi connectivity index (χ3v) is 7.10. The molecule has 3 rings (SSSR count). The lowest BCUT2D eigenvalue weighted by molar-refractivity contribution is 0.0600. The van der Waals surface area contributed by atoms with Crippen molar-refractivity contribution in [2.24, 2.45) is 0 Å². The lowest BCUT2D eigenvalue weighted by Gasteiger charge is -2.18. The minimum Gasteiger partial charge on any atom is -0.495 e. The van der Waals surface area contributed by atoms with Crippen LogP contribution in [0.4, 0.5) is 0 Å². The summed E-state index contributed by atoms with van der Waals surface area (Å²) in [5.41, 5.74) is 1.65. The number of amides is 1. The summed E-state index contributed by atoms with van der Waals surface area (Å²) in [6.45, 7) is 1.30. The lowest BCUT2D eigenvalue weighted by atomic mass is 10.1. The molecule has 166 valence electrons. The Hall–Kier alpha value is -2.91.